The number of halogens is 1. The van der Waals surface area contributed by atoms with Crippen LogP contribution in [0.25, 0.3) is 0 Å². The molecule has 0 saturated heterocycles. The number of thioether (sulfide) groups is 1. The van der Waals surface area contributed by atoms with E-state index in [-0.39, 0.29) is 5.97 Å². The van der Waals surface area contributed by atoms with Gasteiger partial charge in [-0.05, 0) is 47.2 Å². The van der Waals surface area contributed by atoms with Crippen molar-refractivity contribution in [1.82, 2.24) is 0 Å². The molecule has 2 nitrogen and oxygen atoms in total. The summed E-state index contributed by atoms with van der Waals surface area (Å²) in [4.78, 5) is 12.7. The molecular formula is C12H15IO2S. The highest BCUT2D eigenvalue weighted by Gasteiger charge is 2.17. The van der Waals surface area contributed by atoms with Gasteiger partial charge in [-0.1, -0.05) is 13.8 Å². The number of benzene rings is 1. The fourth-order valence-corrected chi connectivity index (χ4v) is 2.83. The van der Waals surface area contributed by atoms with Crippen LogP contribution in [-0.4, -0.2) is 18.3 Å². The molecule has 88 valence electrons. The van der Waals surface area contributed by atoms with Crippen molar-refractivity contribution in [3.05, 3.63) is 26.8 Å². The lowest BCUT2D eigenvalue weighted by atomic mass is 10.1. The molecule has 1 aromatic carbocycles. The second-order valence-electron chi connectivity index (χ2n) is 3.70. The summed E-state index contributed by atoms with van der Waals surface area (Å²) in [5.74, 6) is -0.251. The molecule has 0 saturated carbocycles. The number of carbonyl (C=O) groups excluding carboxylic acids is 1. The molecule has 0 aliphatic rings. The topological polar surface area (TPSA) is 26.3 Å². The Morgan fingerprint density at radius 3 is 2.56 bits per heavy atom. The van der Waals surface area contributed by atoms with Crippen LogP contribution in [0.15, 0.2) is 17.0 Å². The highest BCUT2D eigenvalue weighted by atomic mass is 127. The maximum absolute atomic E-state index is 11.7. The number of carbonyl (C=O) groups is 1. The summed E-state index contributed by atoms with van der Waals surface area (Å²) in [6.07, 6.45) is 0. The third-order valence-corrected chi connectivity index (χ3v) is 4.35. The molecule has 0 heterocycles. The van der Waals surface area contributed by atoms with Gasteiger partial charge in [-0.2, -0.15) is 0 Å². The summed E-state index contributed by atoms with van der Waals surface area (Å²) in [5.41, 5.74) is 1.70. The molecule has 0 unspecified atom stereocenters. The largest absolute Gasteiger partial charge is 0.465 e. The molecular weight excluding hydrogens is 335 g/mol. The van der Waals surface area contributed by atoms with Gasteiger partial charge in [0.05, 0.1) is 12.7 Å². The van der Waals surface area contributed by atoms with Crippen molar-refractivity contribution < 1.29 is 9.53 Å². The molecule has 0 radical (unpaired) electrons. The molecule has 0 atom stereocenters. The van der Waals surface area contributed by atoms with E-state index in [0.29, 0.717) is 10.8 Å². The van der Waals surface area contributed by atoms with Gasteiger partial charge in [-0.3, -0.25) is 0 Å². The van der Waals surface area contributed by atoms with Crippen LogP contribution >= 0.6 is 34.4 Å². The van der Waals surface area contributed by atoms with E-state index >= 15 is 0 Å². The van der Waals surface area contributed by atoms with Gasteiger partial charge in [0.2, 0.25) is 0 Å². The Morgan fingerprint density at radius 1 is 1.44 bits per heavy atom. The first-order valence-electron chi connectivity index (χ1n) is 5.01. The van der Waals surface area contributed by atoms with E-state index in [9.17, 15) is 4.79 Å². The first-order valence-corrected chi connectivity index (χ1v) is 6.97. The van der Waals surface area contributed by atoms with Gasteiger partial charge < -0.3 is 4.74 Å². The summed E-state index contributed by atoms with van der Waals surface area (Å²) in [6, 6.07) is 4.03. The normalized spacial score (nSPS) is 10.6. The van der Waals surface area contributed by atoms with Crippen molar-refractivity contribution in [2.75, 3.05) is 7.11 Å². The average molecular weight is 350 g/mol. The summed E-state index contributed by atoms with van der Waals surface area (Å²) in [6.45, 7) is 6.18. The van der Waals surface area contributed by atoms with E-state index in [1.54, 1.807) is 11.8 Å². The van der Waals surface area contributed by atoms with Gasteiger partial charge in [0, 0.05) is 13.7 Å². The Bertz CT molecular complexity index is 402. The number of esters is 1. The van der Waals surface area contributed by atoms with Crippen molar-refractivity contribution in [2.45, 2.75) is 30.9 Å². The lowest BCUT2D eigenvalue weighted by Crippen LogP contribution is -2.08. The van der Waals surface area contributed by atoms with Crippen LogP contribution in [0.1, 0.15) is 29.8 Å². The molecule has 0 aliphatic carbocycles. The van der Waals surface area contributed by atoms with E-state index in [2.05, 4.69) is 36.4 Å². The monoisotopic (exact) mass is 350 g/mol. The van der Waals surface area contributed by atoms with Gasteiger partial charge in [0.15, 0.2) is 0 Å². The standard InChI is InChI=1S/C12H15IO2S/c1-7(2)16-10-6-5-9(13)8(3)11(10)12(14)15-4/h5-7H,1-4H3. The predicted molar refractivity (Wildman–Crippen MR) is 76.2 cm³/mol. The summed E-state index contributed by atoms with van der Waals surface area (Å²) in [5, 5.41) is 0.447. The summed E-state index contributed by atoms with van der Waals surface area (Å²) < 4.78 is 5.93. The van der Waals surface area contributed by atoms with Crippen molar-refractivity contribution in [3.63, 3.8) is 0 Å². The van der Waals surface area contributed by atoms with E-state index in [1.165, 1.54) is 7.11 Å². The molecule has 0 aliphatic heterocycles. The van der Waals surface area contributed by atoms with Crippen molar-refractivity contribution in [2.24, 2.45) is 0 Å². The SMILES string of the molecule is COC(=O)c1c(SC(C)C)ccc(I)c1C. The minimum atomic E-state index is -0.251. The van der Waals surface area contributed by atoms with Crippen LogP contribution in [-0.2, 0) is 4.74 Å². The minimum absolute atomic E-state index is 0.251. The quantitative estimate of drug-likeness (QED) is 0.470. The number of ether oxygens (including phenoxy) is 1. The van der Waals surface area contributed by atoms with E-state index in [4.69, 9.17) is 4.74 Å². The number of methoxy groups -OCH3 is 1. The van der Waals surface area contributed by atoms with Gasteiger partial charge >= 0.3 is 5.97 Å². The Morgan fingerprint density at radius 2 is 2.06 bits per heavy atom. The fraction of sp³-hybridized carbons (Fsp3) is 0.417. The molecule has 0 aromatic heterocycles. The molecule has 0 bridgehead atoms. The summed E-state index contributed by atoms with van der Waals surface area (Å²) >= 11 is 3.92. The average Bonchev–Trinajstić information content (AvgIpc) is 2.22. The van der Waals surface area contributed by atoms with E-state index in [0.717, 1.165) is 14.0 Å². The highest BCUT2D eigenvalue weighted by molar-refractivity contribution is 14.1. The molecule has 0 N–H and O–H groups in total. The van der Waals surface area contributed by atoms with Crippen LogP contribution in [0.3, 0.4) is 0 Å². The van der Waals surface area contributed by atoms with Gasteiger partial charge in [-0.25, -0.2) is 4.79 Å². The molecule has 4 heteroatoms. The zero-order valence-electron chi connectivity index (χ0n) is 9.83. The summed E-state index contributed by atoms with van der Waals surface area (Å²) in [7, 11) is 1.42. The van der Waals surface area contributed by atoms with E-state index < -0.39 is 0 Å². The number of rotatable bonds is 3. The maximum Gasteiger partial charge on any atom is 0.339 e. The second kappa shape index (κ2) is 5.91. The van der Waals surface area contributed by atoms with E-state index in [1.807, 2.05) is 19.1 Å². The Labute approximate surface area is 114 Å². The van der Waals surface area contributed by atoms with Gasteiger partial charge in [0.25, 0.3) is 0 Å². The zero-order valence-corrected chi connectivity index (χ0v) is 12.8. The first-order chi connectivity index (χ1) is 7.47. The van der Waals surface area contributed by atoms with Crippen LogP contribution in [0.5, 0.6) is 0 Å². The second-order valence-corrected chi connectivity index (χ2v) is 6.48. The Hall–Kier alpha value is -0.230. The van der Waals surface area contributed by atoms with Gasteiger partial charge in [0.1, 0.15) is 0 Å². The first kappa shape index (κ1) is 13.8. The lowest BCUT2D eigenvalue weighted by molar-refractivity contribution is 0.0596. The van der Waals surface area contributed by atoms with Crippen molar-refractivity contribution in [3.8, 4) is 0 Å². The molecule has 0 fully saturated rings. The third-order valence-electron chi connectivity index (χ3n) is 2.11. The van der Waals surface area contributed by atoms with Crippen LogP contribution in [0, 0.1) is 10.5 Å². The highest BCUT2D eigenvalue weighted by Crippen LogP contribution is 2.31. The van der Waals surface area contributed by atoms with Crippen LogP contribution in [0.4, 0.5) is 0 Å². The molecule has 0 amide bonds. The lowest BCUT2D eigenvalue weighted by Gasteiger charge is -2.13. The van der Waals surface area contributed by atoms with Crippen LogP contribution in [0.2, 0.25) is 0 Å². The third kappa shape index (κ3) is 3.13. The molecule has 16 heavy (non-hydrogen) atoms. The minimum Gasteiger partial charge on any atom is -0.465 e. The van der Waals surface area contributed by atoms with Crippen molar-refractivity contribution >= 4 is 40.3 Å². The molecule has 1 rings (SSSR count). The van der Waals surface area contributed by atoms with Crippen molar-refractivity contribution in [1.29, 1.82) is 0 Å². The fourth-order valence-electron chi connectivity index (χ4n) is 1.37. The predicted octanol–water partition coefficient (Wildman–Crippen LogP) is 3.89. The Balaban J connectivity index is 3.27. The zero-order chi connectivity index (χ0) is 12.3. The molecule has 1 aromatic rings. The van der Waals surface area contributed by atoms with Crippen LogP contribution < -0.4 is 0 Å². The maximum atomic E-state index is 11.7. The Kier molecular flexibility index (Phi) is 5.11. The smallest absolute Gasteiger partial charge is 0.339 e. The molecule has 0 spiro atoms. The van der Waals surface area contributed by atoms with Gasteiger partial charge in [-0.15, -0.1) is 11.8 Å². The number of hydrogen-bond acceptors (Lipinski definition) is 3. The number of hydrogen-bond donors (Lipinski definition) is 0.